The van der Waals surface area contributed by atoms with Crippen LogP contribution in [0.25, 0.3) is 11.3 Å². The van der Waals surface area contributed by atoms with E-state index >= 15 is 0 Å². The first-order valence-corrected chi connectivity index (χ1v) is 10.3. The number of rotatable bonds is 7. The smallest absolute Gasteiger partial charge is 0.256 e. The van der Waals surface area contributed by atoms with Gasteiger partial charge in [-0.25, -0.2) is 4.39 Å². The van der Waals surface area contributed by atoms with Crippen LogP contribution in [-0.4, -0.2) is 23.1 Å². The number of hydrogen-bond acceptors (Lipinski definition) is 4. The molecule has 0 unspecified atom stereocenters. The van der Waals surface area contributed by atoms with E-state index in [9.17, 15) is 9.18 Å². The first-order valence-electron chi connectivity index (χ1n) is 9.92. The number of nitrogens with zero attached hydrogens (tertiary/aromatic N) is 2. The molecule has 32 heavy (non-hydrogen) atoms. The minimum atomic E-state index is -0.337. The van der Waals surface area contributed by atoms with Crippen molar-refractivity contribution in [3.8, 4) is 17.1 Å². The van der Waals surface area contributed by atoms with Gasteiger partial charge >= 0.3 is 0 Å². The second-order valence-corrected chi connectivity index (χ2v) is 7.56. The highest BCUT2D eigenvalue weighted by Gasteiger charge is 2.21. The van der Waals surface area contributed by atoms with Gasteiger partial charge < -0.3 is 14.2 Å². The molecule has 0 aliphatic heterocycles. The Balaban J connectivity index is 1.63. The first-order chi connectivity index (χ1) is 15.5. The zero-order valence-electron chi connectivity index (χ0n) is 17.3. The molecule has 0 fully saturated rings. The highest BCUT2D eigenvalue weighted by Crippen LogP contribution is 2.30. The van der Waals surface area contributed by atoms with E-state index in [1.807, 2.05) is 24.3 Å². The number of ether oxygens (including phenoxy) is 1. The maximum atomic E-state index is 13.3. The van der Waals surface area contributed by atoms with Gasteiger partial charge in [-0.05, 0) is 42.0 Å². The third-order valence-corrected chi connectivity index (χ3v) is 5.29. The SMILES string of the molecule is COc1ccccc1-c1cc(CN(Cc2ccc(F)cc2)C(=O)c2ccccc2Cl)no1. The van der Waals surface area contributed by atoms with Crippen LogP contribution in [0.1, 0.15) is 21.6 Å². The molecule has 0 atom stereocenters. The molecule has 0 saturated heterocycles. The van der Waals surface area contributed by atoms with Crippen LogP contribution >= 0.6 is 11.6 Å². The maximum Gasteiger partial charge on any atom is 0.256 e. The number of amides is 1. The average molecular weight is 451 g/mol. The highest BCUT2D eigenvalue weighted by atomic mass is 35.5. The van der Waals surface area contributed by atoms with Gasteiger partial charge in [0.05, 0.1) is 29.8 Å². The molecule has 0 aliphatic carbocycles. The summed E-state index contributed by atoms with van der Waals surface area (Å²) in [5.41, 5.74) is 2.48. The standard InChI is InChI=1S/C25H20ClFN2O3/c1-31-23-9-5-3-7-21(23)24-14-19(28-32-24)16-29(15-17-10-12-18(27)13-11-17)25(30)20-6-2-4-8-22(20)26/h2-14H,15-16H2,1H3. The molecule has 7 heteroatoms. The molecule has 1 heterocycles. The third kappa shape index (κ3) is 4.81. The summed E-state index contributed by atoms with van der Waals surface area (Å²) in [5.74, 6) is 0.590. The van der Waals surface area contributed by atoms with E-state index in [4.69, 9.17) is 20.9 Å². The van der Waals surface area contributed by atoms with E-state index in [0.717, 1.165) is 11.1 Å². The minimum absolute atomic E-state index is 0.181. The molecule has 5 nitrogen and oxygen atoms in total. The van der Waals surface area contributed by atoms with Gasteiger partial charge in [-0.15, -0.1) is 0 Å². The zero-order valence-corrected chi connectivity index (χ0v) is 18.1. The molecular weight excluding hydrogens is 431 g/mol. The van der Waals surface area contributed by atoms with Gasteiger partial charge in [0, 0.05) is 12.6 Å². The van der Waals surface area contributed by atoms with Crippen LogP contribution in [0.5, 0.6) is 5.75 Å². The molecule has 0 aliphatic rings. The lowest BCUT2D eigenvalue weighted by atomic mass is 10.1. The Bertz CT molecular complexity index is 1220. The van der Waals surface area contributed by atoms with Crippen molar-refractivity contribution in [3.05, 3.63) is 107 Å². The van der Waals surface area contributed by atoms with Gasteiger partial charge in [-0.3, -0.25) is 4.79 Å². The molecule has 4 rings (SSSR count). The molecule has 0 bridgehead atoms. The summed E-state index contributed by atoms with van der Waals surface area (Å²) in [7, 11) is 1.59. The van der Waals surface area contributed by atoms with Crippen molar-refractivity contribution in [3.63, 3.8) is 0 Å². The largest absolute Gasteiger partial charge is 0.496 e. The van der Waals surface area contributed by atoms with E-state index in [-0.39, 0.29) is 24.8 Å². The number of carbonyl (C=O) groups excluding carboxylic acids is 1. The topological polar surface area (TPSA) is 55.6 Å². The van der Waals surface area contributed by atoms with Gasteiger partial charge in [0.2, 0.25) is 0 Å². The fraction of sp³-hybridized carbons (Fsp3) is 0.120. The average Bonchev–Trinajstić information content (AvgIpc) is 3.28. The number of carbonyl (C=O) groups is 1. The van der Waals surface area contributed by atoms with Crippen LogP contribution in [0.2, 0.25) is 5.02 Å². The lowest BCUT2D eigenvalue weighted by Gasteiger charge is -2.22. The number of halogens is 2. The van der Waals surface area contributed by atoms with E-state index in [1.54, 1.807) is 54.5 Å². The Kier molecular flexibility index (Phi) is 6.52. The van der Waals surface area contributed by atoms with Crippen LogP contribution in [-0.2, 0) is 13.1 Å². The van der Waals surface area contributed by atoms with Gasteiger partial charge in [-0.1, -0.05) is 53.2 Å². The number of aromatic nitrogens is 1. The van der Waals surface area contributed by atoms with Gasteiger partial charge in [-0.2, -0.15) is 0 Å². The van der Waals surface area contributed by atoms with Crippen LogP contribution < -0.4 is 4.74 Å². The number of para-hydroxylation sites is 1. The van der Waals surface area contributed by atoms with Crippen LogP contribution in [0.4, 0.5) is 4.39 Å². The summed E-state index contributed by atoms with van der Waals surface area (Å²) in [6.45, 7) is 0.432. The van der Waals surface area contributed by atoms with Crippen molar-refractivity contribution in [1.29, 1.82) is 0 Å². The zero-order chi connectivity index (χ0) is 22.5. The molecule has 4 aromatic rings. The van der Waals surface area contributed by atoms with E-state index in [2.05, 4.69) is 5.16 Å². The lowest BCUT2D eigenvalue weighted by molar-refractivity contribution is 0.0726. The quantitative estimate of drug-likeness (QED) is 0.347. The fourth-order valence-electron chi connectivity index (χ4n) is 3.37. The maximum absolute atomic E-state index is 13.3. The van der Waals surface area contributed by atoms with Crippen molar-refractivity contribution in [1.82, 2.24) is 10.1 Å². The monoisotopic (exact) mass is 450 g/mol. The van der Waals surface area contributed by atoms with E-state index in [0.29, 0.717) is 27.8 Å². The lowest BCUT2D eigenvalue weighted by Crippen LogP contribution is -2.30. The van der Waals surface area contributed by atoms with Crippen molar-refractivity contribution in [2.75, 3.05) is 7.11 Å². The second-order valence-electron chi connectivity index (χ2n) is 7.15. The van der Waals surface area contributed by atoms with Crippen LogP contribution in [0, 0.1) is 5.82 Å². The third-order valence-electron chi connectivity index (χ3n) is 4.96. The predicted molar refractivity (Wildman–Crippen MR) is 120 cm³/mol. The molecule has 1 amide bonds. The Morgan fingerprint density at radius 2 is 1.75 bits per heavy atom. The predicted octanol–water partition coefficient (Wildman–Crippen LogP) is 5.99. The van der Waals surface area contributed by atoms with E-state index < -0.39 is 0 Å². The highest BCUT2D eigenvalue weighted by molar-refractivity contribution is 6.33. The van der Waals surface area contributed by atoms with Crippen LogP contribution in [0.3, 0.4) is 0 Å². The summed E-state index contributed by atoms with van der Waals surface area (Å²) >= 11 is 6.26. The minimum Gasteiger partial charge on any atom is -0.496 e. The summed E-state index contributed by atoms with van der Waals surface area (Å²) in [4.78, 5) is 14.9. The van der Waals surface area contributed by atoms with Crippen molar-refractivity contribution in [2.45, 2.75) is 13.1 Å². The first kappa shape index (κ1) is 21.6. The van der Waals surface area contributed by atoms with Crippen molar-refractivity contribution < 1.29 is 18.4 Å². The number of hydrogen-bond donors (Lipinski definition) is 0. The van der Waals surface area contributed by atoms with Crippen molar-refractivity contribution >= 4 is 17.5 Å². The van der Waals surface area contributed by atoms with Crippen LogP contribution in [0.15, 0.2) is 83.4 Å². The molecular formula is C25H20ClFN2O3. The summed E-state index contributed by atoms with van der Waals surface area (Å²) in [5, 5.41) is 4.50. The Morgan fingerprint density at radius 1 is 1.03 bits per heavy atom. The molecule has 0 spiro atoms. The van der Waals surface area contributed by atoms with E-state index in [1.165, 1.54) is 12.1 Å². The van der Waals surface area contributed by atoms with Crippen molar-refractivity contribution in [2.24, 2.45) is 0 Å². The summed E-state index contributed by atoms with van der Waals surface area (Å²) < 4.78 is 24.3. The number of benzene rings is 3. The molecule has 162 valence electrons. The second kappa shape index (κ2) is 9.66. The Labute approximate surface area is 190 Å². The fourth-order valence-corrected chi connectivity index (χ4v) is 3.59. The number of methoxy groups -OCH3 is 1. The molecule has 1 aromatic heterocycles. The molecule has 0 saturated carbocycles. The Hall–Kier alpha value is -3.64. The normalized spacial score (nSPS) is 10.7. The molecule has 0 radical (unpaired) electrons. The van der Waals surface area contributed by atoms with Gasteiger partial charge in [0.1, 0.15) is 17.3 Å². The summed E-state index contributed by atoms with van der Waals surface area (Å²) in [6, 6.07) is 22.1. The summed E-state index contributed by atoms with van der Waals surface area (Å²) in [6.07, 6.45) is 0. The Morgan fingerprint density at radius 3 is 2.50 bits per heavy atom. The molecule has 3 aromatic carbocycles. The van der Waals surface area contributed by atoms with Gasteiger partial charge in [0.25, 0.3) is 5.91 Å². The molecule has 0 N–H and O–H groups in total. The van der Waals surface area contributed by atoms with Gasteiger partial charge in [0.15, 0.2) is 5.76 Å².